The van der Waals surface area contributed by atoms with Crippen LogP contribution in [0.2, 0.25) is 0 Å². The lowest BCUT2D eigenvalue weighted by Crippen LogP contribution is -2.13. The first-order valence-corrected chi connectivity index (χ1v) is 10.2. The Balaban J connectivity index is 1.94. The SMILES string of the molecule is O=C(c1ccccc1)c1cc(-c2ccccc2)c2cccc3c2c1C(Cl)=C(Cl)C3=O. The Hall–Kier alpha value is -3.20. The number of allylic oxidation sites excluding steroid dienone is 1. The monoisotopic (exact) mass is 428 g/mol. The molecule has 0 aromatic heterocycles. The van der Waals surface area contributed by atoms with Crippen LogP contribution in [-0.2, 0) is 0 Å². The molecule has 5 rings (SSSR count). The molecule has 4 heteroatoms. The molecule has 1 aliphatic carbocycles. The molecule has 0 fully saturated rings. The van der Waals surface area contributed by atoms with Gasteiger partial charge in [0.15, 0.2) is 5.78 Å². The zero-order valence-electron chi connectivity index (χ0n) is 15.7. The third-order valence-corrected chi connectivity index (χ3v) is 6.22. The van der Waals surface area contributed by atoms with Crippen LogP contribution in [0.1, 0.15) is 31.8 Å². The molecule has 0 heterocycles. The van der Waals surface area contributed by atoms with Crippen molar-refractivity contribution in [3.05, 3.63) is 112 Å². The van der Waals surface area contributed by atoms with Crippen LogP contribution in [0.15, 0.2) is 90.0 Å². The van der Waals surface area contributed by atoms with Crippen LogP contribution in [0.4, 0.5) is 0 Å². The van der Waals surface area contributed by atoms with Gasteiger partial charge in [0, 0.05) is 27.6 Å². The number of halogens is 2. The zero-order chi connectivity index (χ0) is 20.8. The van der Waals surface area contributed by atoms with E-state index in [4.69, 9.17) is 23.2 Å². The lowest BCUT2D eigenvalue weighted by Gasteiger charge is -2.22. The first-order valence-electron chi connectivity index (χ1n) is 9.43. The van der Waals surface area contributed by atoms with E-state index in [2.05, 4.69) is 0 Å². The van der Waals surface area contributed by atoms with Crippen LogP contribution in [0, 0.1) is 0 Å². The van der Waals surface area contributed by atoms with Gasteiger partial charge in [-0.05, 0) is 22.6 Å². The maximum Gasteiger partial charge on any atom is 0.206 e. The van der Waals surface area contributed by atoms with Gasteiger partial charge in [0.05, 0.1) is 5.03 Å². The van der Waals surface area contributed by atoms with Crippen molar-refractivity contribution in [2.45, 2.75) is 0 Å². The van der Waals surface area contributed by atoms with Gasteiger partial charge in [-0.25, -0.2) is 0 Å². The molecule has 0 amide bonds. The van der Waals surface area contributed by atoms with E-state index in [1.807, 2.05) is 66.7 Å². The van der Waals surface area contributed by atoms with E-state index >= 15 is 0 Å². The smallest absolute Gasteiger partial charge is 0.206 e. The third kappa shape index (κ3) is 2.80. The molecule has 0 radical (unpaired) electrons. The Morgan fingerprint density at radius 1 is 0.700 bits per heavy atom. The fourth-order valence-electron chi connectivity index (χ4n) is 4.00. The highest BCUT2D eigenvalue weighted by Gasteiger charge is 2.31. The predicted molar refractivity (Wildman–Crippen MR) is 122 cm³/mol. The highest BCUT2D eigenvalue weighted by molar-refractivity contribution is 6.63. The summed E-state index contributed by atoms with van der Waals surface area (Å²) in [4.78, 5) is 26.4. The average Bonchev–Trinajstić information content (AvgIpc) is 2.81. The van der Waals surface area contributed by atoms with Crippen molar-refractivity contribution in [3.63, 3.8) is 0 Å². The summed E-state index contributed by atoms with van der Waals surface area (Å²) in [5.41, 5.74) is 3.76. The largest absolute Gasteiger partial charge is 0.289 e. The van der Waals surface area contributed by atoms with Crippen molar-refractivity contribution in [1.82, 2.24) is 0 Å². The van der Waals surface area contributed by atoms with Crippen LogP contribution < -0.4 is 0 Å². The Bertz CT molecular complexity index is 1370. The maximum atomic E-state index is 13.5. The zero-order valence-corrected chi connectivity index (χ0v) is 17.2. The van der Waals surface area contributed by atoms with Gasteiger partial charge in [0.1, 0.15) is 5.03 Å². The maximum absolute atomic E-state index is 13.5. The first kappa shape index (κ1) is 18.8. The van der Waals surface area contributed by atoms with Crippen molar-refractivity contribution in [2.24, 2.45) is 0 Å². The number of hydrogen-bond acceptors (Lipinski definition) is 2. The molecule has 0 N–H and O–H groups in total. The van der Waals surface area contributed by atoms with Crippen molar-refractivity contribution >= 4 is 50.6 Å². The number of carbonyl (C=O) groups excluding carboxylic acids is 2. The number of carbonyl (C=O) groups is 2. The van der Waals surface area contributed by atoms with Gasteiger partial charge in [-0.2, -0.15) is 0 Å². The summed E-state index contributed by atoms with van der Waals surface area (Å²) in [5, 5.41) is 1.57. The van der Waals surface area contributed by atoms with Gasteiger partial charge in [0.25, 0.3) is 0 Å². The number of Topliss-reactive ketones (excluding diaryl/α,β-unsaturated/α-hetero) is 1. The normalized spacial score (nSPS) is 13.1. The average molecular weight is 429 g/mol. The van der Waals surface area contributed by atoms with Gasteiger partial charge in [-0.15, -0.1) is 0 Å². The minimum absolute atomic E-state index is 0.0637. The minimum atomic E-state index is -0.330. The fraction of sp³-hybridized carbons (Fsp3) is 0. The van der Waals surface area contributed by atoms with E-state index in [1.165, 1.54) is 0 Å². The summed E-state index contributed by atoms with van der Waals surface area (Å²) in [6.07, 6.45) is 0. The number of rotatable bonds is 3. The highest BCUT2D eigenvalue weighted by Crippen LogP contribution is 2.45. The molecule has 2 nitrogen and oxygen atoms in total. The second-order valence-electron chi connectivity index (χ2n) is 7.09. The third-order valence-electron chi connectivity index (χ3n) is 5.38. The molecular weight excluding hydrogens is 415 g/mol. The second-order valence-corrected chi connectivity index (χ2v) is 7.85. The number of ketones is 2. The van der Waals surface area contributed by atoms with Gasteiger partial charge in [-0.3, -0.25) is 9.59 Å². The summed E-state index contributed by atoms with van der Waals surface area (Å²) < 4.78 is 0. The van der Waals surface area contributed by atoms with Crippen molar-refractivity contribution in [3.8, 4) is 11.1 Å². The van der Waals surface area contributed by atoms with Gasteiger partial charge >= 0.3 is 0 Å². The van der Waals surface area contributed by atoms with Crippen LogP contribution in [-0.4, -0.2) is 11.6 Å². The topological polar surface area (TPSA) is 34.1 Å². The second kappa shape index (κ2) is 7.24. The van der Waals surface area contributed by atoms with E-state index in [9.17, 15) is 9.59 Å². The Kier molecular flexibility index (Phi) is 4.54. The number of benzene rings is 4. The van der Waals surface area contributed by atoms with E-state index in [0.29, 0.717) is 27.6 Å². The van der Waals surface area contributed by atoms with Crippen molar-refractivity contribution < 1.29 is 9.59 Å². The van der Waals surface area contributed by atoms with E-state index in [-0.39, 0.29) is 21.6 Å². The molecule has 4 aromatic carbocycles. The van der Waals surface area contributed by atoms with E-state index in [1.54, 1.807) is 18.2 Å². The van der Waals surface area contributed by atoms with Crippen LogP contribution in [0.25, 0.3) is 26.9 Å². The first-order chi connectivity index (χ1) is 14.6. The lowest BCUT2D eigenvalue weighted by molar-refractivity contribution is 0.103. The molecule has 0 atom stereocenters. The highest BCUT2D eigenvalue weighted by atomic mass is 35.5. The number of hydrogen-bond donors (Lipinski definition) is 0. The summed E-state index contributed by atoms with van der Waals surface area (Å²) in [6.45, 7) is 0. The standard InChI is InChI=1S/C26H14Cl2O2/c27-23-22-20(25(29)16-10-5-2-6-11-16)14-19(15-8-3-1-4-9-15)17-12-7-13-18(21(17)22)26(30)24(23)28/h1-14H. The Morgan fingerprint density at radius 2 is 1.37 bits per heavy atom. The molecule has 144 valence electrons. The van der Waals surface area contributed by atoms with Gasteiger partial charge in [-0.1, -0.05) is 102 Å². The quantitative estimate of drug-likeness (QED) is 0.326. The fourth-order valence-corrected chi connectivity index (χ4v) is 4.48. The van der Waals surface area contributed by atoms with Crippen molar-refractivity contribution in [2.75, 3.05) is 0 Å². The molecule has 1 aliphatic rings. The molecule has 0 aliphatic heterocycles. The molecule has 0 saturated heterocycles. The van der Waals surface area contributed by atoms with Gasteiger partial charge < -0.3 is 0 Å². The molecule has 4 aromatic rings. The van der Waals surface area contributed by atoms with Crippen LogP contribution in [0.5, 0.6) is 0 Å². The molecule has 0 saturated carbocycles. The van der Waals surface area contributed by atoms with Crippen LogP contribution in [0.3, 0.4) is 0 Å². The summed E-state index contributed by atoms with van der Waals surface area (Å²) in [7, 11) is 0. The molecule has 0 bridgehead atoms. The summed E-state index contributed by atoms with van der Waals surface area (Å²) in [6, 6.07) is 26.2. The summed E-state index contributed by atoms with van der Waals surface area (Å²) in [5.74, 6) is -0.500. The predicted octanol–water partition coefficient (Wildman–Crippen LogP) is 7.08. The Labute approximate surface area is 183 Å². The van der Waals surface area contributed by atoms with Crippen LogP contribution >= 0.6 is 23.2 Å². The molecule has 0 unspecified atom stereocenters. The van der Waals surface area contributed by atoms with E-state index in [0.717, 1.165) is 16.5 Å². The van der Waals surface area contributed by atoms with Gasteiger partial charge in [0.2, 0.25) is 5.78 Å². The lowest BCUT2D eigenvalue weighted by atomic mass is 9.83. The molecular formula is C26H14Cl2O2. The minimum Gasteiger partial charge on any atom is -0.289 e. The summed E-state index contributed by atoms with van der Waals surface area (Å²) >= 11 is 12.9. The van der Waals surface area contributed by atoms with Crippen molar-refractivity contribution in [1.29, 1.82) is 0 Å². The molecule has 0 spiro atoms. The molecule has 30 heavy (non-hydrogen) atoms. The van der Waals surface area contributed by atoms with E-state index < -0.39 is 0 Å². The Morgan fingerprint density at radius 3 is 2.07 bits per heavy atom.